The third-order valence-corrected chi connectivity index (χ3v) is 0.807. The van der Waals surface area contributed by atoms with Gasteiger partial charge in [0.05, 0.1) is 12.7 Å². The maximum atomic E-state index is 10.6. The summed E-state index contributed by atoms with van der Waals surface area (Å²) in [7, 11) is 0. The van der Waals surface area contributed by atoms with E-state index in [2.05, 4.69) is 5.92 Å². The summed E-state index contributed by atoms with van der Waals surface area (Å²) in [6.07, 6.45) is -0.798. The average Bonchev–Trinajstić information content (AvgIpc) is 2.04. The Morgan fingerprint density at radius 2 is 1.86 bits per heavy atom. The highest BCUT2D eigenvalue weighted by Gasteiger charge is 2.38. The van der Waals surface area contributed by atoms with Crippen LogP contribution in [0.1, 0.15) is 6.42 Å². The molecule has 0 saturated heterocycles. The molecule has 0 saturated carbocycles. The van der Waals surface area contributed by atoms with Crippen molar-refractivity contribution in [3.05, 3.63) is 0 Å². The molecule has 0 aliphatic carbocycles. The third-order valence-electron chi connectivity index (χ3n) is 0.807. The average molecular weight is 214 g/mol. The van der Waals surface area contributed by atoms with Crippen molar-refractivity contribution in [1.29, 1.82) is 0 Å². The molecule has 0 radical (unpaired) electrons. The predicted octanol–water partition coefficient (Wildman–Crippen LogP) is -0.00380. The van der Waals surface area contributed by atoms with Crippen LogP contribution in [0.3, 0.4) is 0 Å². The normalized spacial score (nSPS) is 12.0. The molecule has 1 unspecified atom stereocenters. The minimum absolute atomic E-state index is 0.233. The van der Waals surface area contributed by atoms with Crippen LogP contribution in [-0.2, 0) is 4.79 Å². The molecule has 0 aliphatic heterocycles. The second kappa shape index (κ2) is 7.17. The Morgan fingerprint density at radius 3 is 1.93 bits per heavy atom. The second-order valence-corrected chi connectivity index (χ2v) is 2.05. The lowest BCUT2D eigenvalue weighted by Gasteiger charge is -1.97. The summed E-state index contributed by atoms with van der Waals surface area (Å²) in [5.41, 5.74) is 0. The Kier molecular flexibility index (Phi) is 7.80. The molecular weight excluding hydrogens is 205 g/mol. The number of aliphatic hydroxyl groups excluding tert-OH is 2. The van der Waals surface area contributed by atoms with Crippen LogP contribution in [0, 0.1) is 12.3 Å². The zero-order chi connectivity index (χ0) is 11.8. The highest BCUT2D eigenvalue weighted by atomic mass is 19.4. The van der Waals surface area contributed by atoms with Crippen molar-refractivity contribution in [2.75, 3.05) is 6.61 Å². The smallest absolute Gasteiger partial charge is 0.475 e. The summed E-state index contributed by atoms with van der Waals surface area (Å²) in [4.78, 5) is 8.90. The summed E-state index contributed by atoms with van der Waals surface area (Å²) < 4.78 is 31.7. The molecule has 0 heterocycles. The molecule has 0 rings (SSSR count). The minimum Gasteiger partial charge on any atom is -0.475 e. The van der Waals surface area contributed by atoms with Gasteiger partial charge in [0.15, 0.2) is 0 Å². The molecule has 82 valence electrons. The fraction of sp³-hybridized carbons (Fsp3) is 0.571. The van der Waals surface area contributed by atoms with E-state index in [0.29, 0.717) is 0 Å². The van der Waals surface area contributed by atoms with Crippen molar-refractivity contribution in [3.63, 3.8) is 0 Å². The first-order valence-electron chi connectivity index (χ1n) is 3.28. The van der Waals surface area contributed by atoms with E-state index in [4.69, 9.17) is 26.5 Å². The summed E-state index contributed by atoms with van der Waals surface area (Å²) in [5.74, 6) is -0.549. The van der Waals surface area contributed by atoms with E-state index in [1.807, 2.05) is 0 Å². The molecule has 0 aromatic carbocycles. The molecule has 3 N–H and O–H groups in total. The molecule has 14 heavy (non-hydrogen) atoms. The highest BCUT2D eigenvalue weighted by molar-refractivity contribution is 5.73. The molecule has 0 bridgehead atoms. The minimum atomic E-state index is -5.08. The highest BCUT2D eigenvalue weighted by Crippen LogP contribution is 2.13. The maximum absolute atomic E-state index is 10.6. The van der Waals surface area contributed by atoms with Crippen LogP contribution >= 0.6 is 0 Å². The molecule has 0 aromatic heterocycles. The molecule has 1 atom stereocenters. The van der Waals surface area contributed by atoms with Crippen molar-refractivity contribution < 1.29 is 33.3 Å². The Morgan fingerprint density at radius 1 is 1.50 bits per heavy atom. The Hall–Kier alpha value is -1.26. The van der Waals surface area contributed by atoms with Gasteiger partial charge in [-0.3, -0.25) is 0 Å². The molecule has 0 amide bonds. The van der Waals surface area contributed by atoms with Gasteiger partial charge in [-0.1, -0.05) is 0 Å². The van der Waals surface area contributed by atoms with Crippen LogP contribution in [0.5, 0.6) is 0 Å². The van der Waals surface area contributed by atoms with Gasteiger partial charge in [0.1, 0.15) is 0 Å². The zero-order valence-electron chi connectivity index (χ0n) is 6.95. The SMILES string of the molecule is C#CCC(O)CO.O=C(O)C(F)(F)F. The van der Waals surface area contributed by atoms with Crippen LogP contribution in [0.2, 0.25) is 0 Å². The molecule has 7 heteroatoms. The fourth-order valence-electron chi connectivity index (χ4n) is 0.201. The molecule has 0 spiro atoms. The third kappa shape index (κ3) is 10.7. The number of aliphatic carboxylic acids is 1. The lowest BCUT2D eigenvalue weighted by molar-refractivity contribution is -0.192. The van der Waals surface area contributed by atoms with Crippen LogP contribution < -0.4 is 0 Å². The van der Waals surface area contributed by atoms with E-state index in [1.54, 1.807) is 0 Å². The van der Waals surface area contributed by atoms with Gasteiger partial charge in [-0.25, -0.2) is 4.79 Å². The second-order valence-electron chi connectivity index (χ2n) is 2.05. The molecule has 0 aromatic rings. The molecule has 0 fully saturated rings. The van der Waals surface area contributed by atoms with Crippen molar-refractivity contribution in [3.8, 4) is 12.3 Å². The number of hydrogen-bond donors (Lipinski definition) is 3. The van der Waals surface area contributed by atoms with Crippen LogP contribution in [-0.4, -0.2) is 40.2 Å². The first-order chi connectivity index (χ1) is 6.25. The van der Waals surface area contributed by atoms with E-state index >= 15 is 0 Å². The number of hydrogen-bond acceptors (Lipinski definition) is 3. The molecule has 0 aliphatic rings. The Balaban J connectivity index is 0. The van der Waals surface area contributed by atoms with Crippen LogP contribution in [0.25, 0.3) is 0 Å². The Labute approximate surface area is 78.0 Å². The summed E-state index contributed by atoms with van der Waals surface area (Å²) in [5, 5.41) is 23.7. The first kappa shape index (κ1) is 15.2. The van der Waals surface area contributed by atoms with Gasteiger partial charge in [-0.2, -0.15) is 13.2 Å². The van der Waals surface area contributed by atoms with Gasteiger partial charge >= 0.3 is 12.1 Å². The van der Waals surface area contributed by atoms with Gasteiger partial charge in [-0.15, -0.1) is 12.3 Å². The standard InChI is InChI=1S/C5H8O2.C2HF3O2/c1-2-3-5(7)4-6;3-2(4,5)1(6)7/h1,5-7H,3-4H2;(H,6,7). The summed E-state index contributed by atoms with van der Waals surface area (Å²) >= 11 is 0. The summed E-state index contributed by atoms with van der Waals surface area (Å²) in [6, 6.07) is 0. The number of carboxylic acid groups (broad SMARTS) is 1. The topological polar surface area (TPSA) is 77.8 Å². The quantitative estimate of drug-likeness (QED) is 0.565. The van der Waals surface area contributed by atoms with E-state index in [1.165, 1.54) is 0 Å². The van der Waals surface area contributed by atoms with E-state index in [-0.39, 0.29) is 13.0 Å². The van der Waals surface area contributed by atoms with Crippen molar-refractivity contribution in [2.45, 2.75) is 18.7 Å². The predicted molar refractivity (Wildman–Crippen MR) is 40.2 cm³/mol. The van der Waals surface area contributed by atoms with Gasteiger partial charge in [-0.05, 0) is 0 Å². The number of carboxylic acids is 1. The van der Waals surface area contributed by atoms with Gasteiger partial charge < -0.3 is 15.3 Å². The van der Waals surface area contributed by atoms with E-state index in [0.717, 1.165) is 0 Å². The zero-order valence-corrected chi connectivity index (χ0v) is 6.95. The van der Waals surface area contributed by atoms with E-state index < -0.39 is 18.2 Å². The van der Waals surface area contributed by atoms with Gasteiger partial charge in [0.2, 0.25) is 0 Å². The first-order valence-corrected chi connectivity index (χ1v) is 3.28. The van der Waals surface area contributed by atoms with Crippen molar-refractivity contribution >= 4 is 5.97 Å². The van der Waals surface area contributed by atoms with Crippen molar-refractivity contribution in [1.82, 2.24) is 0 Å². The number of rotatable bonds is 2. The fourth-order valence-corrected chi connectivity index (χ4v) is 0.201. The number of carbonyl (C=O) groups is 1. The maximum Gasteiger partial charge on any atom is 0.490 e. The number of aliphatic hydroxyl groups is 2. The number of alkyl halides is 3. The van der Waals surface area contributed by atoms with Gasteiger partial charge in [0.25, 0.3) is 0 Å². The monoisotopic (exact) mass is 214 g/mol. The van der Waals surface area contributed by atoms with Gasteiger partial charge in [0, 0.05) is 6.42 Å². The lowest BCUT2D eigenvalue weighted by Crippen LogP contribution is -2.21. The Bertz CT molecular complexity index is 206. The number of terminal acetylenes is 1. The lowest BCUT2D eigenvalue weighted by atomic mass is 10.3. The molecular formula is C7H9F3O4. The molecule has 4 nitrogen and oxygen atoms in total. The summed E-state index contributed by atoms with van der Waals surface area (Å²) in [6.45, 7) is -0.246. The van der Waals surface area contributed by atoms with Crippen molar-refractivity contribution in [2.24, 2.45) is 0 Å². The van der Waals surface area contributed by atoms with Crippen LogP contribution in [0.4, 0.5) is 13.2 Å². The number of halogens is 3. The van der Waals surface area contributed by atoms with E-state index in [9.17, 15) is 13.2 Å². The largest absolute Gasteiger partial charge is 0.490 e. The van der Waals surface area contributed by atoms with Crippen LogP contribution in [0.15, 0.2) is 0 Å².